The van der Waals surface area contributed by atoms with E-state index in [4.69, 9.17) is 9.47 Å². The summed E-state index contributed by atoms with van der Waals surface area (Å²) in [4.78, 5) is 0. The summed E-state index contributed by atoms with van der Waals surface area (Å²) in [5.74, 6) is 2.33. The molecule has 2 aromatic carbocycles. The van der Waals surface area contributed by atoms with Crippen LogP contribution in [-0.2, 0) is 5.41 Å². The maximum atomic E-state index is 9.43. The molecule has 0 bridgehead atoms. The van der Waals surface area contributed by atoms with E-state index in [2.05, 4.69) is 31.2 Å². The molecule has 0 amide bonds. The molecule has 4 nitrogen and oxygen atoms in total. The van der Waals surface area contributed by atoms with Crippen molar-refractivity contribution in [2.24, 2.45) is 5.92 Å². The first-order valence-corrected chi connectivity index (χ1v) is 10.7. The van der Waals surface area contributed by atoms with Gasteiger partial charge in [-0.15, -0.1) is 0 Å². The molecule has 1 fully saturated rings. The molecule has 0 saturated heterocycles. The fourth-order valence-electron chi connectivity index (χ4n) is 4.17. The molecule has 4 heteroatoms. The normalized spacial score (nSPS) is 24.0. The van der Waals surface area contributed by atoms with Crippen molar-refractivity contribution in [3.63, 3.8) is 0 Å². The van der Waals surface area contributed by atoms with Crippen LogP contribution in [0.2, 0.25) is 0 Å². The van der Waals surface area contributed by atoms with Crippen LogP contribution in [0.3, 0.4) is 0 Å². The van der Waals surface area contributed by atoms with Gasteiger partial charge in [0.1, 0.15) is 24.7 Å². The van der Waals surface area contributed by atoms with E-state index in [-0.39, 0.29) is 5.41 Å². The Labute approximate surface area is 174 Å². The highest BCUT2D eigenvalue weighted by Gasteiger charge is 2.37. The largest absolute Gasteiger partial charge is 0.491 e. The SMILES string of the molecule is CC(O)COc1ccc(C2(c3ccc(OCC(C)O)cc3)CCC(C)CC2)cc1. The van der Waals surface area contributed by atoms with Gasteiger partial charge in [-0.1, -0.05) is 31.2 Å². The Kier molecular flexibility index (Phi) is 7.20. The van der Waals surface area contributed by atoms with Gasteiger partial charge in [-0.2, -0.15) is 0 Å². The van der Waals surface area contributed by atoms with Gasteiger partial charge in [-0.25, -0.2) is 0 Å². The first-order chi connectivity index (χ1) is 13.9. The lowest BCUT2D eigenvalue weighted by atomic mass is 9.63. The third-order valence-corrected chi connectivity index (χ3v) is 5.92. The summed E-state index contributed by atoms with van der Waals surface area (Å²) in [5.41, 5.74) is 2.62. The Morgan fingerprint density at radius 2 is 1.17 bits per heavy atom. The Bertz CT molecular complexity index is 684. The van der Waals surface area contributed by atoms with E-state index < -0.39 is 12.2 Å². The molecule has 0 radical (unpaired) electrons. The number of rotatable bonds is 8. The van der Waals surface area contributed by atoms with E-state index in [1.165, 1.54) is 24.0 Å². The maximum absolute atomic E-state index is 9.43. The molecular formula is C25H34O4. The lowest BCUT2D eigenvalue weighted by Crippen LogP contribution is -2.32. The van der Waals surface area contributed by atoms with Gasteiger partial charge in [0.25, 0.3) is 0 Å². The fraction of sp³-hybridized carbons (Fsp3) is 0.520. The van der Waals surface area contributed by atoms with Gasteiger partial charge in [0.2, 0.25) is 0 Å². The molecule has 2 unspecified atom stereocenters. The summed E-state index contributed by atoms with van der Waals surface area (Å²) in [7, 11) is 0. The first-order valence-electron chi connectivity index (χ1n) is 10.7. The Hall–Kier alpha value is -2.04. The standard InChI is InChI=1S/C25H34O4/c1-18-12-14-25(15-13-18,21-4-8-23(9-5-21)28-16-19(2)26)22-6-10-24(11-7-22)29-17-20(3)27/h4-11,18-20,26-27H,12-17H2,1-3H3. The van der Waals surface area contributed by atoms with Gasteiger partial charge < -0.3 is 19.7 Å². The van der Waals surface area contributed by atoms with E-state index >= 15 is 0 Å². The monoisotopic (exact) mass is 398 g/mol. The molecule has 2 N–H and O–H groups in total. The van der Waals surface area contributed by atoms with Crippen LogP contribution < -0.4 is 9.47 Å². The van der Waals surface area contributed by atoms with Gasteiger partial charge in [0.05, 0.1) is 12.2 Å². The second kappa shape index (κ2) is 9.64. The van der Waals surface area contributed by atoms with Crippen molar-refractivity contribution >= 4 is 0 Å². The predicted molar refractivity (Wildman–Crippen MR) is 116 cm³/mol. The number of aliphatic hydroxyl groups is 2. The van der Waals surface area contributed by atoms with Crippen molar-refractivity contribution in [2.45, 2.75) is 64.1 Å². The lowest BCUT2D eigenvalue weighted by Gasteiger charge is -2.41. The van der Waals surface area contributed by atoms with E-state index in [1.54, 1.807) is 13.8 Å². The number of hydrogen-bond donors (Lipinski definition) is 2. The Morgan fingerprint density at radius 1 is 0.793 bits per heavy atom. The molecular weight excluding hydrogens is 364 g/mol. The van der Waals surface area contributed by atoms with Crippen molar-refractivity contribution in [1.29, 1.82) is 0 Å². The van der Waals surface area contributed by atoms with Gasteiger partial charge in [-0.05, 0) is 80.8 Å². The van der Waals surface area contributed by atoms with Crippen LogP contribution >= 0.6 is 0 Å². The average molecular weight is 399 g/mol. The lowest BCUT2D eigenvalue weighted by molar-refractivity contribution is 0.122. The maximum Gasteiger partial charge on any atom is 0.119 e. The molecule has 2 atom stereocenters. The minimum absolute atomic E-state index is 0.00187. The topological polar surface area (TPSA) is 58.9 Å². The van der Waals surface area contributed by atoms with Gasteiger partial charge in [-0.3, -0.25) is 0 Å². The van der Waals surface area contributed by atoms with Crippen LogP contribution in [0.25, 0.3) is 0 Å². The molecule has 158 valence electrons. The predicted octanol–water partition coefficient (Wildman–Crippen LogP) is 4.70. The second-order valence-corrected chi connectivity index (χ2v) is 8.63. The van der Waals surface area contributed by atoms with Crippen molar-refractivity contribution < 1.29 is 19.7 Å². The van der Waals surface area contributed by atoms with Gasteiger partial charge >= 0.3 is 0 Å². The zero-order valence-corrected chi connectivity index (χ0v) is 17.8. The zero-order valence-electron chi connectivity index (χ0n) is 17.8. The summed E-state index contributed by atoms with van der Waals surface area (Å²) in [6.45, 7) is 6.39. The number of hydrogen-bond acceptors (Lipinski definition) is 4. The molecule has 2 aromatic rings. The smallest absolute Gasteiger partial charge is 0.119 e. The highest BCUT2D eigenvalue weighted by Crippen LogP contribution is 2.47. The highest BCUT2D eigenvalue weighted by molar-refractivity contribution is 5.43. The van der Waals surface area contributed by atoms with Crippen LogP contribution in [-0.4, -0.2) is 35.6 Å². The van der Waals surface area contributed by atoms with Crippen LogP contribution in [0.1, 0.15) is 57.6 Å². The van der Waals surface area contributed by atoms with Crippen molar-refractivity contribution in [2.75, 3.05) is 13.2 Å². The molecule has 0 aromatic heterocycles. The van der Waals surface area contributed by atoms with Crippen molar-refractivity contribution in [3.05, 3.63) is 59.7 Å². The van der Waals surface area contributed by atoms with Crippen LogP contribution in [0.5, 0.6) is 11.5 Å². The van der Waals surface area contributed by atoms with E-state index in [1.807, 2.05) is 24.3 Å². The second-order valence-electron chi connectivity index (χ2n) is 8.63. The van der Waals surface area contributed by atoms with Crippen LogP contribution in [0.4, 0.5) is 0 Å². The minimum Gasteiger partial charge on any atom is -0.491 e. The summed E-state index contributed by atoms with van der Waals surface area (Å²) in [5, 5.41) is 18.9. The fourth-order valence-corrected chi connectivity index (χ4v) is 4.17. The van der Waals surface area contributed by atoms with Crippen LogP contribution in [0, 0.1) is 5.92 Å². The molecule has 0 aliphatic heterocycles. The van der Waals surface area contributed by atoms with E-state index in [0.29, 0.717) is 13.2 Å². The highest BCUT2D eigenvalue weighted by atomic mass is 16.5. The van der Waals surface area contributed by atoms with Gasteiger partial charge in [0, 0.05) is 5.41 Å². The Morgan fingerprint density at radius 3 is 1.52 bits per heavy atom. The van der Waals surface area contributed by atoms with Crippen molar-refractivity contribution in [1.82, 2.24) is 0 Å². The summed E-state index contributed by atoms with van der Waals surface area (Å²) < 4.78 is 11.3. The molecule has 1 aliphatic carbocycles. The minimum atomic E-state index is -0.476. The number of ether oxygens (including phenoxy) is 2. The summed E-state index contributed by atoms with van der Waals surface area (Å²) >= 11 is 0. The molecule has 1 aliphatic rings. The van der Waals surface area contributed by atoms with Crippen LogP contribution in [0.15, 0.2) is 48.5 Å². The quantitative estimate of drug-likeness (QED) is 0.677. The average Bonchev–Trinajstić information content (AvgIpc) is 2.72. The summed E-state index contributed by atoms with van der Waals surface area (Å²) in [6, 6.07) is 16.7. The van der Waals surface area contributed by atoms with E-state index in [9.17, 15) is 10.2 Å². The third kappa shape index (κ3) is 5.52. The number of benzene rings is 2. The first kappa shape index (κ1) is 21.7. The molecule has 29 heavy (non-hydrogen) atoms. The zero-order chi connectivity index (χ0) is 20.9. The molecule has 0 spiro atoms. The third-order valence-electron chi connectivity index (χ3n) is 5.92. The van der Waals surface area contributed by atoms with Gasteiger partial charge in [0.15, 0.2) is 0 Å². The Balaban J connectivity index is 1.84. The summed E-state index contributed by atoms with van der Waals surface area (Å²) in [6.07, 6.45) is 3.71. The molecule has 0 heterocycles. The molecule has 3 rings (SSSR count). The van der Waals surface area contributed by atoms with E-state index in [0.717, 1.165) is 30.3 Å². The van der Waals surface area contributed by atoms with Crippen molar-refractivity contribution in [3.8, 4) is 11.5 Å². The molecule has 1 saturated carbocycles. The number of aliphatic hydroxyl groups excluding tert-OH is 2.